The molecule has 2 aromatic heterocycles. The van der Waals surface area contributed by atoms with Gasteiger partial charge in [0.15, 0.2) is 5.03 Å². The molecule has 90 valence electrons. The molecule has 0 aromatic carbocycles. The molecule has 0 unspecified atom stereocenters. The van der Waals surface area contributed by atoms with E-state index in [0.29, 0.717) is 5.69 Å². The first-order valence-electron chi connectivity index (χ1n) is 4.83. The van der Waals surface area contributed by atoms with Crippen LogP contribution < -0.4 is 4.72 Å². The van der Waals surface area contributed by atoms with E-state index in [-0.39, 0.29) is 11.6 Å². The third kappa shape index (κ3) is 2.86. The molecule has 8 heteroatoms. The van der Waals surface area contributed by atoms with Gasteiger partial charge in [-0.25, -0.2) is 18.1 Å². The second kappa shape index (κ2) is 4.60. The van der Waals surface area contributed by atoms with Gasteiger partial charge in [0.25, 0.3) is 10.0 Å². The Morgan fingerprint density at radius 2 is 2.12 bits per heavy atom. The lowest BCUT2D eigenvalue weighted by molar-refractivity contribution is 0.577. The second-order valence-electron chi connectivity index (χ2n) is 3.39. The maximum Gasteiger partial charge on any atom is 0.257 e. The lowest BCUT2D eigenvalue weighted by Crippen LogP contribution is -2.24. The molecule has 0 saturated heterocycles. The molecule has 0 aliphatic carbocycles. The minimum absolute atomic E-state index is 0.0255. The summed E-state index contributed by atoms with van der Waals surface area (Å²) in [7, 11) is -3.56. The molecule has 0 radical (unpaired) electrons. The molecule has 0 aliphatic rings. The summed E-state index contributed by atoms with van der Waals surface area (Å²) in [6.45, 7) is 1.90. The van der Waals surface area contributed by atoms with Crippen molar-refractivity contribution in [1.82, 2.24) is 24.7 Å². The number of hydrogen-bond acceptors (Lipinski definition) is 5. The molecule has 2 rings (SSSR count). The molecule has 0 fully saturated rings. The summed E-state index contributed by atoms with van der Waals surface area (Å²) in [5.74, 6) is 0. The normalized spacial score (nSPS) is 11.6. The molecule has 0 bridgehead atoms. The summed E-state index contributed by atoms with van der Waals surface area (Å²) in [6, 6.07) is 0. The van der Waals surface area contributed by atoms with Crippen molar-refractivity contribution in [3.8, 4) is 0 Å². The fourth-order valence-corrected chi connectivity index (χ4v) is 2.05. The Balaban J connectivity index is 2.06. The standard InChI is InChI=1S/C9H11N5O2S/c1-7-2-12-8(3-11-7)4-14-17(15,16)9-5-10-6-13-9/h2-3,5-6,14H,4H2,1H3,(H,10,13). The molecule has 17 heavy (non-hydrogen) atoms. The molecular formula is C9H11N5O2S. The second-order valence-corrected chi connectivity index (χ2v) is 5.12. The third-order valence-electron chi connectivity index (χ3n) is 2.04. The first kappa shape index (κ1) is 11.7. The Morgan fingerprint density at radius 1 is 1.29 bits per heavy atom. The van der Waals surface area contributed by atoms with Crippen molar-refractivity contribution in [2.75, 3.05) is 0 Å². The number of rotatable bonds is 4. The van der Waals surface area contributed by atoms with Crippen LogP contribution in [0.25, 0.3) is 0 Å². The van der Waals surface area contributed by atoms with Crippen molar-refractivity contribution in [2.24, 2.45) is 0 Å². The lowest BCUT2D eigenvalue weighted by atomic mass is 10.4. The Kier molecular flexibility index (Phi) is 3.16. The van der Waals surface area contributed by atoms with Crippen molar-refractivity contribution in [3.63, 3.8) is 0 Å². The summed E-state index contributed by atoms with van der Waals surface area (Å²) in [5, 5.41) is 0.0255. The van der Waals surface area contributed by atoms with Gasteiger partial charge in [-0.2, -0.15) is 0 Å². The fourth-order valence-electron chi connectivity index (χ4n) is 1.15. The van der Waals surface area contributed by atoms with E-state index in [1.165, 1.54) is 18.7 Å². The summed E-state index contributed by atoms with van der Waals surface area (Å²) in [4.78, 5) is 14.3. The number of H-pyrrole nitrogens is 1. The number of aromatic nitrogens is 4. The van der Waals surface area contributed by atoms with Crippen LogP contribution in [0.15, 0.2) is 29.9 Å². The van der Waals surface area contributed by atoms with E-state index >= 15 is 0 Å². The van der Waals surface area contributed by atoms with Gasteiger partial charge < -0.3 is 4.98 Å². The fraction of sp³-hybridized carbons (Fsp3) is 0.222. The molecule has 0 amide bonds. The van der Waals surface area contributed by atoms with Crippen LogP contribution in [0, 0.1) is 6.92 Å². The summed E-state index contributed by atoms with van der Waals surface area (Å²) >= 11 is 0. The number of aromatic amines is 1. The number of nitrogens with one attached hydrogen (secondary N) is 2. The monoisotopic (exact) mass is 253 g/mol. The molecule has 0 saturated carbocycles. The van der Waals surface area contributed by atoms with Crippen molar-refractivity contribution >= 4 is 10.0 Å². The first-order chi connectivity index (χ1) is 8.08. The van der Waals surface area contributed by atoms with Gasteiger partial charge in [-0.05, 0) is 6.92 Å². The Bertz CT molecular complexity index is 576. The molecular weight excluding hydrogens is 242 g/mol. The predicted octanol–water partition coefficient (Wildman–Crippen LogP) is -0.0134. The maximum absolute atomic E-state index is 11.7. The van der Waals surface area contributed by atoms with E-state index in [2.05, 4.69) is 24.7 Å². The van der Waals surface area contributed by atoms with Crippen molar-refractivity contribution in [1.29, 1.82) is 0 Å². The average Bonchev–Trinajstić information content (AvgIpc) is 2.82. The minimum Gasteiger partial charge on any atom is -0.335 e. The zero-order valence-corrected chi connectivity index (χ0v) is 9.90. The summed E-state index contributed by atoms with van der Waals surface area (Å²) in [6.07, 6.45) is 5.66. The SMILES string of the molecule is Cc1cnc(CNS(=O)(=O)c2cnc[nH]2)cn1. The van der Waals surface area contributed by atoms with E-state index in [4.69, 9.17) is 0 Å². The van der Waals surface area contributed by atoms with Crippen molar-refractivity contribution in [2.45, 2.75) is 18.5 Å². The van der Waals surface area contributed by atoms with Crippen LogP contribution in [0.2, 0.25) is 0 Å². The highest BCUT2D eigenvalue weighted by molar-refractivity contribution is 7.89. The van der Waals surface area contributed by atoms with Crippen LogP contribution >= 0.6 is 0 Å². The lowest BCUT2D eigenvalue weighted by Gasteiger charge is -2.03. The zero-order chi connectivity index (χ0) is 12.3. The molecule has 0 aliphatic heterocycles. The maximum atomic E-state index is 11.7. The zero-order valence-electron chi connectivity index (χ0n) is 9.08. The van der Waals surface area contributed by atoms with Crippen LogP contribution in [0.5, 0.6) is 0 Å². The van der Waals surface area contributed by atoms with Crippen molar-refractivity contribution in [3.05, 3.63) is 36.3 Å². The predicted molar refractivity (Wildman–Crippen MR) is 59.4 cm³/mol. The topological polar surface area (TPSA) is 101 Å². The van der Waals surface area contributed by atoms with Crippen LogP contribution in [-0.4, -0.2) is 28.4 Å². The minimum atomic E-state index is -3.56. The number of aryl methyl sites for hydroxylation is 1. The summed E-state index contributed by atoms with van der Waals surface area (Å²) in [5.41, 5.74) is 1.34. The van der Waals surface area contributed by atoms with Gasteiger partial charge in [-0.15, -0.1) is 0 Å². The van der Waals surface area contributed by atoms with Crippen molar-refractivity contribution < 1.29 is 8.42 Å². The van der Waals surface area contributed by atoms with Gasteiger partial charge in [-0.3, -0.25) is 9.97 Å². The van der Waals surface area contributed by atoms with E-state index in [1.54, 1.807) is 6.20 Å². The van der Waals surface area contributed by atoms with Crippen LogP contribution in [0.4, 0.5) is 0 Å². The molecule has 2 aromatic rings. The van der Waals surface area contributed by atoms with Gasteiger partial charge in [0.05, 0.1) is 36.7 Å². The number of hydrogen-bond donors (Lipinski definition) is 2. The number of imidazole rings is 1. The summed E-state index contributed by atoms with van der Waals surface area (Å²) < 4.78 is 25.8. The van der Waals surface area contributed by atoms with Gasteiger partial charge in [-0.1, -0.05) is 0 Å². The van der Waals surface area contributed by atoms with Gasteiger partial charge >= 0.3 is 0 Å². The number of sulfonamides is 1. The van der Waals surface area contributed by atoms with Gasteiger partial charge in [0.2, 0.25) is 0 Å². The van der Waals surface area contributed by atoms with Crippen LogP contribution in [0.1, 0.15) is 11.4 Å². The largest absolute Gasteiger partial charge is 0.335 e. The first-order valence-corrected chi connectivity index (χ1v) is 6.32. The molecule has 0 atom stereocenters. The van der Waals surface area contributed by atoms with Gasteiger partial charge in [0.1, 0.15) is 0 Å². The molecule has 2 heterocycles. The Hall–Kier alpha value is -1.80. The van der Waals surface area contributed by atoms with E-state index in [0.717, 1.165) is 5.69 Å². The Labute approximate surface area is 98.4 Å². The van der Waals surface area contributed by atoms with Crippen LogP contribution in [-0.2, 0) is 16.6 Å². The smallest absolute Gasteiger partial charge is 0.257 e. The number of nitrogens with zero attached hydrogens (tertiary/aromatic N) is 3. The van der Waals surface area contributed by atoms with E-state index in [1.807, 2.05) is 6.92 Å². The quantitative estimate of drug-likeness (QED) is 0.798. The molecule has 0 spiro atoms. The highest BCUT2D eigenvalue weighted by atomic mass is 32.2. The third-order valence-corrected chi connectivity index (χ3v) is 3.37. The van der Waals surface area contributed by atoms with Gasteiger partial charge in [0, 0.05) is 6.20 Å². The van der Waals surface area contributed by atoms with Crippen LogP contribution in [0.3, 0.4) is 0 Å². The Morgan fingerprint density at radius 3 is 2.71 bits per heavy atom. The average molecular weight is 253 g/mol. The highest BCUT2D eigenvalue weighted by Crippen LogP contribution is 2.03. The molecule has 2 N–H and O–H groups in total. The highest BCUT2D eigenvalue weighted by Gasteiger charge is 2.14. The van der Waals surface area contributed by atoms with E-state index in [9.17, 15) is 8.42 Å². The van der Waals surface area contributed by atoms with E-state index < -0.39 is 10.0 Å². The molecule has 7 nitrogen and oxygen atoms in total.